The Morgan fingerprint density at radius 1 is 1.53 bits per heavy atom. The minimum absolute atomic E-state index is 0.127. The zero-order chi connectivity index (χ0) is 12.4. The molecule has 0 bridgehead atoms. The van der Waals surface area contributed by atoms with Crippen molar-refractivity contribution in [3.8, 4) is 10.9 Å². The summed E-state index contributed by atoms with van der Waals surface area (Å²) in [5.74, 6) is -0.713. The molecule has 0 amide bonds. The molecule has 0 fully saturated rings. The number of carboxylic acid groups (broad SMARTS) is 1. The molecule has 0 saturated carbocycles. The van der Waals surface area contributed by atoms with Crippen molar-refractivity contribution in [1.82, 2.24) is 4.98 Å². The lowest BCUT2D eigenvalue weighted by Crippen LogP contribution is -2.00. The van der Waals surface area contributed by atoms with Gasteiger partial charge in [0.2, 0.25) is 0 Å². The number of hydrogen-bond donors (Lipinski definition) is 1. The number of halogens is 1. The highest BCUT2D eigenvalue weighted by Crippen LogP contribution is 2.30. The predicted octanol–water partition coefficient (Wildman–Crippen LogP) is 3.70. The van der Waals surface area contributed by atoms with Crippen LogP contribution in [0.15, 0.2) is 28.2 Å². The molecule has 6 heteroatoms. The van der Waals surface area contributed by atoms with Crippen molar-refractivity contribution < 1.29 is 14.6 Å². The van der Waals surface area contributed by atoms with E-state index in [1.165, 1.54) is 17.4 Å². The van der Waals surface area contributed by atoms with Gasteiger partial charge in [0.1, 0.15) is 15.9 Å². The van der Waals surface area contributed by atoms with E-state index in [1.807, 2.05) is 6.92 Å². The van der Waals surface area contributed by atoms with Crippen LogP contribution in [0, 0.1) is 6.92 Å². The van der Waals surface area contributed by atoms with Crippen molar-refractivity contribution in [2.24, 2.45) is 0 Å². The summed E-state index contributed by atoms with van der Waals surface area (Å²) in [7, 11) is 0. The Kier molecular flexibility index (Phi) is 3.44. The molecule has 2 rings (SSSR count). The number of nitrogens with zero attached hydrogens (tertiary/aromatic N) is 1. The van der Waals surface area contributed by atoms with Crippen LogP contribution in [0.5, 0.6) is 10.9 Å². The predicted molar refractivity (Wildman–Crippen MR) is 68.0 cm³/mol. The summed E-state index contributed by atoms with van der Waals surface area (Å²) >= 11 is 4.51. The van der Waals surface area contributed by atoms with Gasteiger partial charge >= 0.3 is 5.97 Å². The Morgan fingerprint density at radius 2 is 2.29 bits per heavy atom. The lowest BCUT2D eigenvalue weighted by molar-refractivity contribution is 0.0694. The Labute approximate surface area is 110 Å². The van der Waals surface area contributed by atoms with Gasteiger partial charge in [-0.2, -0.15) is 4.98 Å². The van der Waals surface area contributed by atoms with Crippen molar-refractivity contribution >= 4 is 33.2 Å². The summed E-state index contributed by atoms with van der Waals surface area (Å²) in [5.41, 5.74) is 1.06. The molecule has 0 radical (unpaired) electrons. The maximum atomic E-state index is 11.0. The Balaban J connectivity index is 2.37. The third-order valence-electron chi connectivity index (χ3n) is 2.02. The summed E-state index contributed by atoms with van der Waals surface area (Å²) in [5, 5.41) is 11.2. The van der Waals surface area contributed by atoms with Gasteiger partial charge in [-0.15, -0.1) is 0 Å². The number of carbonyl (C=O) groups is 1. The van der Waals surface area contributed by atoms with Crippen LogP contribution in [-0.4, -0.2) is 16.1 Å². The topological polar surface area (TPSA) is 59.4 Å². The number of aryl methyl sites for hydroxylation is 1. The third kappa shape index (κ3) is 2.83. The quantitative estimate of drug-likeness (QED) is 0.938. The molecule has 0 spiro atoms. The molecule has 4 nitrogen and oxygen atoms in total. The summed E-state index contributed by atoms with van der Waals surface area (Å²) in [4.78, 5) is 15.1. The summed E-state index contributed by atoms with van der Waals surface area (Å²) < 4.78 is 6.14. The van der Waals surface area contributed by atoms with Gasteiger partial charge in [-0.05, 0) is 40.5 Å². The van der Waals surface area contributed by atoms with Crippen LogP contribution >= 0.6 is 27.3 Å². The number of aromatic nitrogens is 1. The van der Waals surface area contributed by atoms with Crippen molar-refractivity contribution in [2.45, 2.75) is 6.92 Å². The van der Waals surface area contributed by atoms with E-state index in [0.717, 1.165) is 5.56 Å². The van der Waals surface area contributed by atoms with E-state index >= 15 is 0 Å². The molecular weight excluding hydrogens is 306 g/mol. The van der Waals surface area contributed by atoms with E-state index in [1.54, 1.807) is 17.5 Å². The van der Waals surface area contributed by atoms with Crippen molar-refractivity contribution in [1.29, 1.82) is 0 Å². The molecule has 88 valence electrons. The number of thiazole rings is 1. The molecule has 1 aromatic heterocycles. The molecule has 1 N–H and O–H groups in total. The maximum Gasteiger partial charge on any atom is 0.339 e. The van der Waals surface area contributed by atoms with E-state index < -0.39 is 5.97 Å². The van der Waals surface area contributed by atoms with E-state index in [0.29, 0.717) is 15.5 Å². The van der Waals surface area contributed by atoms with Crippen molar-refractivity contribution in [3.05, 3.63) is 39.3 Å². The SMILES string of the molecule is Cc1ccc(C(=O)O)c(Oc2nc(Br)cs2)c1. The van der Waals surface area contributed by atoms with Crippen LogP contribution in [-0.2, 0) is 0 Å². The summed E-state index contributed by atoms with van der Waals surface area (Å²) in [6.45, 7) is 1.87. The van der Waals surface area contributed by atoms with E-state index in [9.17, 15) is 4.79 Å². The van der Waals surface area contributed by atoms with Gasteiger partial charge in [-0.1, -0.05) is 17.4 Å². The number of aromatic carboxylic acids is 1. The highest BCUT2D eigenvalue weighted by Gasteiger charge is 2.13. The molecular formula is C11H8BrNO3S. The molecule has 0 atom stereocenters. The van der Waals surface area contributed by atoms with Gasteiger partial charge in [-0.25, -0.2) is 4.79 Å². The number of benzene rings is 1. The largest absolute Gasteiger partial charge is 0.478 e. The zero-order valence-corrected chi connectivity index (χ0v) is 11.2. The van der Waals surface area contributed by atoms with Crippen molar-refractivity contribution in [2.75, 3.05) is 0 Å². The molecule has 17 heavy (non-hydrogen) atoms. The fraction of sp³-hybridized carbons (Fsp3) is 0.0909. The number of carboxylic acids is 1. The molecule has 0 unspecified atom stereocenters. The molecule has 1 aromatic carbocycles. The zero-order valence-electron chi connectivity index (χ0n) is 8.81. The van der Waals surface area contributed by atoms with Gasteiger partial charge in [-0.3, -0.25) is 0 Å². The van der Waals surface area contributed by atoms with Crippen LogP contribution in [0.2, 0.25) is 0 Å². The first-order valence-electron chi connectivity index (χ1n) is 4.69. The fourth-order valence-electron chi connectivity index (χ4n) is 1.27. The van der Waals surface area contributed by atoms with Gasteiger partial charge < -0.3 is 9.84 Å². The first kappa shape index (κ1) is 12.1. The summed E-state index contributed by atoms with van der Waals surface area (Å²) in [6.07, 6.45) is 0. The van der Waals surface area contributed by atoms with Crippen LogP contribution in [0.1, 0.15) is 15.9 Å². The molecule has 0 aliphatic heterocycles. The number of ether oxygens (including phenoxy) is 1. The second-order valence-electron chi connectivity index (χ2n) is 3.34. The third-order valence-corrected chi connectivity index (χ3v) is 3.45. The standard InChI is InChI=1S/C11H8BrNO3S/c1-6-2-3-7(10(14)15)8(4-6)16-11-13-9(12)5-17-11/h2-5H,1H3,(H,14,15). The Bertz CT molecular complexity index is 568. The minimum Gasteiger partial charge on any atom is -0.478 e. The second kappa shape index (κ2) is 4.85. The number of rotatable bonds is 3. The molecule has 0 saturated heterocycles. The summed E-state index contributed by atoms with van der Waals surface area (Å²) in [6, 6.07) is 4.93. The monoisotopic (exact) mass is 313 g/mol. The lowest BCUT2D eigenvalue weighted by atomic mass is 10.1. The molecule has 2 aromatic rings. The average molecular weight is 314 g/mol. The lowest BCUT2D eigenvalue weighted by Gasteiger charge is -2.06. The van der Waals surface area contributed by atoms with Gasteiger partial charge in [0.05, 0.1) is 0 Å². The van der Waals surface area contributed by atoms with Crippen LogP contribution < -0.4 is 4.74 Å². The van der Waals surface area contributed by atoms with Crippen LogP contribution in [0.3, 0.4) is 0 Å². The van der Waals surface area contributed by atoms with Crippen LogP contribution in [0.25, 0.3) is 0 Å². The van der Waals surface area contributed by atoms with E-state index in [2.05, 4.69) is 20.9 Å². The van der Waals surface area contributed by atoms with Gasteiger partial charge in [0.15, 0.2) is 0 Å². The van der Waals surface area contributed by atoms with Gasteiger partial charge in [0, 0.05) is 5.38 Å². The first-order chi connectivity index (χ1) is 8.06. The van der Waals surface area contributed by atoms with Gasteiger partial charge in [0.25, 0.3) is 5.19 Å². The van der Waals surface area contributed by atoms with Crippen molar-refractivity contribution in [3.63, 3.8) is 0 Å². The van der Waals surface area contributed by atoms with Crippen LogP contribution in [0.4, 0.5) is 0 Å². The average Bonchev–Trinajstić information content (AvgIpc) is 2.63. The second-order valence-corrected chi connectivity index (χ2v) is 4.98. The molecule has 1 heterocycles. The smallest absolute Gasteiger partial charge is 0.339 e. The first-order valence-corrected chi connectivity index (χ1v) is 6.36. The highest BCUT2D eigenvalue weighted by molar-refractivity contribution is 9.10. The van der Waals surface area contributed by atoms with E-state index in [4.69, 9.17) is 9.84 Å². The Morgan fingerprint density at radius 3 is 2.88 bits per heavy atom. The van der Waals surface area contributed by atoms with E-state index in [-0.39, 0.29) is 5.56 Å². The highest BCUT2D eigenvalue weighted by atomic mass is 79.9. The Hall–Kier alpha value is -1.40. The molecule has 0 aliphatic rings. The molecule has 0 aliphatic carbocycles. The maximum absolute atomic E-state index is 11.0. The fourth-order valence-corrected chi connectivity index (χ4v) is 2.37. The normalized spacial score (nSPS) is 10.2. The number of hydrogen-bond acceptors (Lipinski definition) is 4. The minimum atomic E-state index is -1.02.